The SMILES string of the molecule is CC(C)(C)OC(=O)N[C@@H](Cc1ccc(OCc2ccc(Oc3ccccc3)cc2)cc1)C(=O)NS(=O)(=O)c1ccc(Cl)c([N+](=O)[O-])c1. The number of carbonyl (C=O) groups excluding carboxylic acids is 2. The van der Waals surface area contributed by atoms with Gasteiger partial charge in [-0.3, -0.25) is 14.9 Å². The minimum atomic E-state index is -4.58. The molecule has 0 heterocycles. The minimum absolute atomic E-state index is 0.121. The molecule has 0 saturated heterocycles. The first-order valence-corrected chi connectivity index (χ1v) is 16.1. The summed E-state index contributed by atoms with van der Waals surface area (Å²) in [4.78, 5) is 35.6. The lowest BCUT2D eigenvalue weighted by Crippen LogP contribution is -2.50. The number of amides is 2. The third-order valence-corrected chi connectivity index (χ3v) is 8.00. The number of nitrogens with one attached hydrogen (secondary N) is 2. The molecule has 2 amide bonds. The van der Waals surface area contributed by atoms with Crippen LogP contribution >= 0.6 is 11.6 Å². The van der Waals surface area contributed by atoms with Crippen LogP contribution in [-0.4, -0.2) is 37.0 Å². The van der Waals surface area contributed by atoms with E-state index in [0.29, 0.717) is 17.1 Å². The normalized spacial score (nSPS) is 12.0. The Morgan fingerprint density at radius 1 is 0.872 bits per heavy atom. The van der Waals surface area contributed by atoms with Crippen LogP contribution < -0.4 is 19.5 Å². The van der Waals surface area contributed by atoms with Crippen molar-refractivity contribution in [3.05, 3.63) is 123 Å². The standard InChI is InChI=1S/C33H32ClN3O9S/c1-33(2,3)46-32(39)35-29(31(38)36-47(42,43)27-17-18-28(34)30(20-27)37(40)41)19-22-9-13-24(14-10-22)44-21-23-11-15-26(16-12-23)45-25-7-5-4-6-8-25/h4-18,20,29H,19,21H2,1-3H3,(H,35,39)(H,36,38)/t29-/m0/s1. The fraction of sp³-hybridized carbons (Fsp3) is 0.212. The van der Waals surface area contributed by atoms with Gasteiger partial charge in [0.15, 0.2) is 0 Å². The number of carbonyl (C=O) groups is 2. The molecule has 2 N–H and O–H groups in total. The van der Waals surface area contributed by atoms with E-state index in [1.54, 1.807) is 45.0 Å². The Morgan fingerprint density at radius 3 is 2.09 bits per heavy atom. The number of rotatable bonds is 12. The lowest BCUT2D eigenvalue weighted by Gasteiger charge is -2.23. The van der Waals surface area contributed by atoms with Crippen molar-refractivity contribution < 1.29 is 37.1 Å². The van der Waals surface area contributed by atoms with E-state index in [4.69, 9.17) is 25.8 Å². The van der Waals surface area contributed by atoms with Gasteiger partial charge in [-0.25, -0.2) is 17.9 Å². The van der Waals surface area contributed by atoms with Crippen LogP contribution in [0, 0.1) is 10.1 Å². The molecule has 4 rings (SSSR count). The van der Waals surface area contributed by atoms with Crippen LogP contribution in [0.15, 0.2) is 102 Å². The smallest absolute Gasteiger partial charge is 0.408 e. The Bertz CT molecular complexity index is 1830. The van der Waals surface area contributed by atoms with Gasteiger partial charge in [0.1, 0.15) is 40.5 Å². The van der Waals surface area contributed by atoms with E-state index in [-0.39, 0.29) is 18.1 Å². The highest BCUT2D eigenvalue weighted by molar-refractivity contribution is 7.90. The Labute approximate surface area is 276 Å². The highest BCUT2D eigenvalue weighted by Gasteiger charge is 2.29. The molecule has 0 aliphatic carbocycles. The van der Waals surface area contributed by atoms with E-state index < -0.39 is 49.2 Å². The van der Waals surface area contributed by atoms with Crippen molar-refractivity contribution in [3.8, 4) is 17.2 Å². The molecule has 4 aromatic carbocycles. The Balaban J connectivity index is 1.42. The van der Waals surface area contributed by atoms with Gasteiger partial charge in [0.25, 0.3) is 21.6 Å². The third kappa shape index (κ3) is 10.4. The number of hydrogen-bond acceptors (Lipinski definition) is 9. The molecule has 4 aromatic rings. The summed E-state index contributed by atoms with van der Waals surface area (Å²) in [5.74, 6) is 0.858. The first kappa shape index (κ1) is 34.7. The van der Waals surface area contributed by atoms with E-state index in [2.05, 4.69) is 5.32 Å². The van der Waals surface area contributed by atoms with Crippen molar-refractivity contribution >= 4 is 39.3 Å². The van der Waals surface area contributed by atoms with Gasteiger partial charge in [-0.05, 0) is 80.4 Å². The number of sulfonamides is 1. The first-order valence-electron chi connectivity index (χ1n) is 14.2. The summed E-state index contributed by atoms with van der Waals surface area (Å²) in [5, 5.41) is 13.4. The van der Waals surface area contributed by atoms with Gasteiger partial charge in [-0.15, -0.1) is 0 Å². The summed E-state index contributed by atoms with van der Waals surface area (Å²) in [6.45, 7) is 5.17. The maximum Gasteiger partial charge on any atom is 0.408 e. The van der Waals surface area contributed by atoms with Crippen molar-refractivity contribution in [2.75, 3.05) is 0 Å². The van der Waals surface area contributed by atoms with Gasteiger partial charge in [-0.1, -0.05) is 54.1 Å². The van der Waals surface area contributed by atoms with E-state index in [1.165, 1.54) is 0 Å². The molecule has 0 aliphatic rings. The van der Waals surface area contributed by atoms with E-state index in [0.717, 1.165) is 29.5 Å². The average Bonchev–Trinajstić information content (AvgIpc) is 3.00. The van der Waals surface area contributed by atoms with Crippen LogP contribution in [0.4, 0.5) is 10.5 Å². The fourth-order valence-electron chi connectivity index (χ4n) is 4.12. The van der Waals surface area contributed by atoms with Gasteiger partial charge >= 0.3 is 6.09 Å². The highest BCUT2D eigenvalue weighted by atomic mass is 35.5. The number of nitrogens with zero attached hydrogens (tertiary/aromatic N) is 1. The molecule has 0 spiro atoms. The second-order valence-electron chi connectivity index (χ2n) is 11.2. The van der Waals surface area contributed by atoms with Crippen molar-refractivity contribution in [3.63, 3.8) is 0 Å². The number of nitro benzene ring substituents is 1. The Kier molecular flexibility index (Phi) is 11.1. The summed E-state index contributed by atoms with van der Waals surface area (Å²) >= 11 is 5.79. The number of halogens is 1. The lowest BCUT2D eigenvalue weighted by molar-refractivity contribution is -0.384. The molecule has 0 aromatic heterocycles. The Hall–Kier alpha value is -5.14. The topological polar surface area (TPSA) is 163 Å². The second-order valence-corrected chi connectivity index (χ2v) is 13.3. The predicted octanol–water partition coefficient (Wildman–Crippen LogP) is 6.56. The molecule has 12 nitrogen and oxygen atoms in total. The molecular formula is C33H32ClN3O9S. The quantitative estimate of drug-likeness (QED) is 0.124. The van der Waals surface area contributed by atoms with Crippen LogP contribution in [0.1, 0.15) is 31.9 Å². The zero-order valence-corrected chi connectivity index (χ0v) is 27.2. The van der Waals surface area contributed by atoms with Gasteiger partial charge in [0.2, 0.25) is 0 Å². The monoisotopic (exact) mass is 681 g/mol. The number of alkyl carbamates (subject to hydrolysis) is 1. The largest absolute Gasteiger partial charge is 0.489 e. The highest BCUT2D eigenvalue weighted by Crippen LogP contribution is 2.27. The summed E-state index contributed by atoms with van der Waals surface area (Å²) in [6, 6.07) is 24.9. The van der Waals surface area contributed by atoms with Crippen LogP contribution in [-0.2, 0) is 32.6 Å². The van der Waals surface area contributed by atoms with Gasteiger partial charge in [0.05, 0.1) is 9.82 Å². The maximum absolute atomic E-state index is 13.2. The average molecular weight is 682 g/mol. The van der Waals surface area contributed by atoms with Crippen LogP contribution in [0.2, 0.25) is 5.02 Å². The molecule has 0 radical (unpaired) electrons. The summed E-state index contributed by atoms with van der Waals surface area (Å²) in [7, 11) is -4.58. The zero-order chi connectivity index (χ0) is 34.2. The number of para-hydroxylation sites is 1. The third-order valence-electron chi connectivity index (χ3n) is 6.34. The first-order chi connectivity index (χ1) is 22.2. The van der Waals surface area contributed by atoms with Crippen molar-refractivity contribution in [2.24, 2.45) is 0 Å². The lowest BCUT2D eigenvalue weighted by atomic mass is 10.1. The molecule has 14 heteroatoms. The number of hydrogen-bond donors (Lipinski definition) is 2. The molecule has 0 saturated carbocycles. The van der Waals surface area contributed by atoms with E-state index >= 15 is 0 Å². The second kappa shape index (κ2) is 15.0. The number of benzene rings is 4. The van der Waals surface area contributed by atoms with Gasteiger partial charge < -0.3 is 19.5 Å². The van der Waals surface area contributed by atoms with Crippen LogP contribution in [0.3, 0.4) is 0 Å². The van der Waals surface area contributed by atoms with Crippen LogP contribution in [0.25, 0.3) is 0 Å². The van der Waals surface area contributed by atoms with Gasteiger partial charge in [-0.2, -0.15) is 0 Å². The summed E-state index contributed by atoms with van der Waals surface area (Å²) in [5.41, 5.74) is -0.0782. The Morgan fingerprint density at radius 2 is 1.47 bits per heavy atom. The molecule has 0 unspecified atom stereocenters. The van der Waals surface area contributed by atoms with Crippen LogP contribution in [0.5, 0.6) is 17.2 Å². The number of ether oxygens (including phenoxy) is 3. The molecule has 0 fully saturated rings. The zero-order valence-electron chi connectivity index (χ0n) is 25.6. The van der Waals surface area contributed by atoms with Crippen molar-refractivity contribution in [1.82, 2.24) is 10.0 Å². The molecule has 1 atom stereocenters. The fourth-order valence-corrected chi connectivity index (χ4v) is 5.35. The maximum atomic E-state index is 13.2. The summed E-state index contributed by atoms with van der Waals surface area (Å²) < 4.78 is 44.8. The van der Waals surface area contributed by atoms with E-state index in [9.17, 15) is 28.1 Å². The van der Waals surface area contributed by atoms with Gasteiger partial charge in [0, 0.05) is 12.5 Å². The minimum Gasteiger partial charge on any atom is -0.489 e. The van der Waals surface area contributed by atoms with Crippen molar-refractivity contribution in [1.29, 1.82) is 0 Å². The summed E-state index contributed by atoms with van der Waals surface area (Å²) in [6.07, 6.45) is -1.07. The predicted molar refractivity (Wildman–Crippen MR) is 174 cm³/mol. The molecular weight excluding hydrogens is 650 g/mol. The van der Waals surface area contributed by atoms with Crippen molar-refractivity contribution in [2.45, 2.75) is 50.3 Å². The molecule has 246 valence electrons. The molecule has 47 heavy (non-hydrogen) atoms. The molecule has 0 bridgehead atoms. The number of nitro groups is 1. The molecule has 0 aliphatic heterocycles. The van der Waals surface area contributed by atoms with E-state index in [1.807, 2.05) is 59.3 Å².